The van der Waals surface area contributed by atoms with E-state index in [0.717, 1.165) is 23.3 Å². The molecule has 116 valence electrons. The van der Waals surface area contributed by atoms with Crippen molar-refractivity contribution in [3.8, 4) is 0 Å². The van der Waals surface area contributed by atoms with Crippen molar-refractivity contribution < 1.29 is 12.8 Å². The molecular weight excluding hydrogens is 301 g/mol. The third-order valence-electron chi connectivity index (χ3n) is 3.48. The maximum Gasteiger partial charge on any atom is 0.264 e. The van der Waals surface area contributed by atoms with E-state index < -0.39 is 15.8 Å². The number of sulfonamides is 1. The number of nitrogens with zero attached hydrogens (tertiary/aromatic N) is 1. The number of hydrogen-bond acceptors (Lipinski definition) is 2. The van der Waals surface area contributed by atoms with Crippen LogP contribution in [0, 0.1) is 19.7 Å². The van der Waals surface area contributed by atoms with Gasteiger partial charge in [0.05, 0.1) is 17.1 Å². The van der Waals surface area contributed by atoms with Gasteiger partial charge in [-0.3, -0.25) is 4.31 Å². The summed E-state index contributed by atoms with van der Waals surface area (Å²) in [6, 6.07) is 10.3. The first-order chi connectivity index (χ1) is 10.4. The van der Waals surface area contributed by atoms with Crippen LogP contribution in [0.3, 0.4) is 0 Å². The van der Waals surface area contributed by atoms with Crippen molar-refractivity contribution >= 4 is 15.7 Å². The summed E-state index contributed by atoms with van der Waals surface area (Å²) in [5.41, 5.74) is 2.65. The van der Waals surface area contributed by atoms with Gasteiger partial charge in [-0.1, -0.05) is 12.1 Å². The molecule has 0 aromatic heterocycles. The average Bonchev–Trinajstić information content (AvgIpc) is 2.48. The Morgan fingerprint density at radius 2 is 1.73 bits per heavy atom. The third kappa shape index (κ3) is 3.20. The molecule has 0 heterocycles. The Morgan fingerprint density at radius 1 is 1.09 bits per heavy atom. The van der Waals surface area contributed by atoms with E-state index in [2.05, 4.69) is 6.58 Å². The largest absolute Gasteiger partial charge is 0.264 e. The van der Waals surface area contributed by atoms with Crippen molar-refractivity contribution in [2.75, 3.05) is 10.8 Å². The minimum Gasteiger partial charge on any atom is -0.263 e. The molecule has 0 unspecified atom stereocenters. The Morgan fingerprint density at radius 3 is 2.27 bits per heavy atom. The van der Waals surface area contributed by atoms with Crippen LogP contribution in [0.1, 0.15) is 11.1 Å². The highest BCUT2D eigenvalue weighted by Gasteiger charge is 2.24. The maximum absolute atomic E-state index is 13.0. The van der Waals surface area contributed by atoms with E-state index in [-0.39, 0.29) is 11.4 Å². The van der Waals surface area contributed by atoms with Gasteiger partial charge in [0.25, 0.3) is 10.0 Å². The summed E-state index contributed by atoms with van der Waals surface area (Å²) < 4.78 is 39.9. The van der Waals surface area contributed by atoms with Gasteiger partial charge in [0.2, 0.25) is 0 Å². The quantitative estimate of drug-likeness (QED) is 0.786. The SMILES string of the molecule is C=CCN(c1ccc(C)c(C)c1)S(=O)(=O)c1ccc(F)cc1. The highest BCUT2D eigenvalue weighted by molar-refractivity contribution is 7.92. The molecule has 0 saturated heterocycles. The lowest BCUT2D eigenvalue weighted by Gasteiger charge is -2.24. The van der Waals surface area contributed by atoms with Crippen LogP contribution in [0.15, 0.2) is 60.0 Å². The fourth-order valence-corrected chi connectivity index (χ4v) is 3.50. The van der Waals surface area contributed by atoms with Gasteiger partial charge in [0.15, 0.2) is 0 Å². The zero-order valence-electron chi connectivity index (χ0n) is 12.6. The Kier molecular flexibility index (Phi) is 4.66. The summed E-state index contributed by atoms with van der Waals surface area (Å²) in [4.78, 5) is 0.0500. The first-order valence-electron chi connectivity index (χ1n) is 6.82. The monoisotopic (exact) mass is 319 g/mol. The molecule has 5 heteroatoms. The number of hydrogen-bond donors (Lipinski definition) is 0. The van der Waals surface area contributed by atoms with Crippen molar-refractivity contribution in [3.63, 3.8) is 0 Å². The fraction of sp³-hybridized carbons (Fsp3) is 0.176. The molecule has 22 heavy (non-hydrogen) atoms. The van der Waals surface area contributed by atoms with Crippen LogP contribution in [-0.4, -0.2) is 15.0 Å². The normalized spacial score (nSPS) is 11.2. The number of anilines is 1. The van der Waals surface area contributed by atoms with E-state index in [9.17, 15) is 12.8 Å². The number of benzene rings is 2. The zero-order valence-corrected chi connectivity index (χ0v) is 13.4. The predicted octanol–water partition coefficient (Wildman–Crippen LogP) is 3.82. The summed E-state index contributed by atoms with van der Waals surface area (Å²) in [6.45, 7) is 7.65. The highest BCUT2D eigenvalue weighted by atomic mass is 32.2. The van der Waals surface area contributed by atoms with Gasteiger partial charge in [0, 0.05) is 0 Å². The first-order valence-corrected chi connectivity index (χ1v) is 8.26. The number of aryl methyl sites for hydroxylation is 2. The fourth-order valence-electron chi connectivity index (χ4n) is 2.07. The van der Waals surface area contributed by atoms with Crippen molar-refractivity contribution in [1.82, 2.24) is 0 Å². The van der Waals surface area contributed by atoms with E-state index in [4.69, 9.17) is 0 Å². The molecule has 0 N–H and O–H groups in total. The Balaban J connectivity index is 2.52. The average molecular weight is 319 g/mol. The molecule has 0 atom stereocenters. The minimum absolute atomic E-state index is 0.0500. The van der Waals surface area contributed by atoms with Gasteiger partial charge < -0.3 is 0 Å². The van der Waals surface area contributed by atoms with E-state index in [1.54, 1.807) is 6.07 Å². The summed E-state index contributed by atoms with van der Waals surface area (Å²) in [5, 5.41) is 0. The molecule has 0 amide bonds. The molecule has 2 aromatic rings. The Bertz CT molecular complexity index is 783. The van der Waals surface area contributed by atoms with Crippen LogP contribution < -0.4 is 4.31 Å². The lowest BCUT2D eigenvalue weighted by Crippen LogP contribution is -2.31. The third-order valence-corrected chi connectivity index (χ3v) is 5.28. The second kappa shape index (κ2) is 6.32. The summed E-state index contributed by atoms with van der Waals surface area (Å²) in [5.74, 6) is -0.472. The topological polar surface area (TPSA) is 37.4 Å². The van der Waals surface area contributed by atoms with Crippen molar-refractivity contribution in [2.45, 2.75) is 18.7 Å². The van der Waals surface area contributed by atoms with Crippen LogP contribution in [-0.2, 0) is 10.0 Å². The van der Waals surface area contributed by atoms with Crippen molar-refractivity contribution in [3.05, 3.63) is 72.1 Å². The molecule has 2 aromatic carbocycles. The molecule has 0 aliphatic carbocycles. The molecule has 2 rings (SSSR count). The van der Waals surface area contributed by atoms with Crippen LogP contribution >= 0.6 is 0 Å². The lowest BCUT2D eigenvalue weighted by atomic mass is 10.1. The molecule has 0 aliphatic heterocycles. The second-order valence-electron chi connectivity index (χ2n) is 5.05. The van der Waals surface area contributed by atoms with Crippen molar-refractivity contribution in [1.29, 1.82) is 0 Å². The van der Waals surface area contributed by atoms with Gasteiger partial charge in [-0.05, 0) is 61.4 Å². The van der Waals surface area contributed by atoms with E-state index in [1.807, 2.05) is 26.0 Å². The highest BCUT2D eigenvalue weighted by Crippen LogP contribution is 2.25. The second-order valence-corrected chi connectivity index (χ2v) is 6.91. The Hall–Kier alpha value is -2.14. The molecule has 0 bridgehead atoms. The Labute approximate surface area is 130 Å². The maximum atomic E-state index is 13.0. The molecular formula is C17H18FNO2S. The lowest BCUT2D eigenvalue weighted by molar-refractivity contribution is 0.591. The van der Waals surface area contributed by atoms with Crippen LogP contribution in [0.2, 0.25) is 0 Å². The molecule has 0 aliphatic rings. The van der Waals surface area contributed by atoms with Crippen LogP contribution in [0.4, 0.5) is 10.1 Å². The zero-order chi connectivity index (χ0) is 16.3. The van der Waals surface area contributed by atoms with Crippen LogP contribution in [0.5, 0.6) is 0 Å². The first kappa shape index (κ1) is 16.2. The summed E-state index contributed by atoms with van der Waals surface area (Å²) >= 11 is 0. The predicted molar refractivity (Wildman–Crippen MR) is 87.0 cm³/mol. The number of rotatable bonds is 5. The molecule has 3 nitrogen and oxygen atoms in total. The molecule has 0 radical (unpaired) electrons. The van der Waals surface area contributed by atoms with E-state index in [1.165, 1.54) is 22.5 Å². The van der Waals surface area contributed by atoms with Gasteiger partial charge in [-0.15, -0.1) is 6.58 Å². The summed E-state index contributed by atoms with van der Waals surface area (Å²) in [6.07, 6.45) is 1.52. The smallest absolute Gasteiger partial charge is 0.263 e. The van der Waals surface area contributed by atoms with Crippen molar-refractivity contribution in [2.24, 2.45) is 0 Å². The van der Waals surface area contributed by atoms with Gasteiger partial charge in [-0.2, -0.15) is 0 Å². The van der Waals surface area contributed by atoms with Gasteiger partial charge in [0.1, 0.15) is 5.82 Å². The van der Waals surface area contributed by atoms with Crippen LogP contribution in [0.25, 0.3) is 0 Å². The summed E-state index contributed by atoms with van der Waals surface area (Å²) in [7, 11) is -3.77. The minimum atomic E-state index is -3.77. The van der Waals surface area contributed by atoms with Gasteiger partial charge in [-0.25, -0.2) is 12.8 Å². The molecule has 0 spiro atoms. The molecule has 0 fully saturated rings. The van der Waals surface area contributed by atoms with E-state index >= 15 is 0 Å². The standard InChI is InChI=1S/C17H18FNO2S/c1-4-11-19(16-8-5-13(2)14(3)12-16)22(20,21)17-9-6-15(18)7-10-17/h4-10,12H,1,11H2,2-3H3. The van der Waals surface area contributed by atoms with Gasteiger partial charge >= 0.3 is 0 Å². The van der Waals surface area contributed by atoms with E-state index in [0.29, 0.717) is 5.69 Å². The number of halogens is 1. The molecule has 0 saturated carbocycles.